The molecular formula is C18H29IN4O3. The fraction of sp³-hybridized carbons (Fsp3) is 0.444. The fourth-order valence-electron chi connectivity index (χ4n) is 2.07. The molecule has 1 unspecified atom stereocenters. The van der Waals surface area contributed by atoms with Crippen molar-refractivity contribution in [2.45, 2.75) is 13.0 Å². The van der Waals surface area contributed by atoms with Crippen LogP contribution in [0.3, 0.4) is 0 Å². The summed E-state index contributed by atoms with van der Waals surface area (Å²) in [5.41, 5.74) is 0.925. The number of nitrogens with one attached hydrogen (secondary N) is 2. The Kier molecular flexibility index (Phi) is 11.5. The highest BCUT2D eigenvalue weighted by molar-refractivity contribution is 14.0. The van der Waals surface area contributed by atoms with Crippen molar-refractivity contribution in [3.8, 4) is 11.5 Å². The minimum Gasteiger partial charge on any atom is -0.497 e. The molecule has 2 N–H and O–H groups in total. The van der Waals surface area contributed by atoms with E-state index in [1.807, 2.05) is 25.1 Å². The van der Waals surface area contributed by atoms with Crippen molar-refractivity contribution < 1.29 is 14.3 Å². The number of carbonyl (C=O) groups is 1. The van der Waals surface area contributed by atoms with Crippen LogP contribution in [0.25, 0.3) is 0 Å². The molecule has 0 heterocycles. The molecule has 0 spiro atoms. The second kappa shape index (κ2) is 12.4. The van der Waals surface area contributed by atoms with Crippen molar-refractivity contribution in [1.82, 2.24) is 15.5 Å². The van der Waals surface area contributed by atoms with Crippen LogP contribution in [-0.4, -0.2) is 58.2 Å². The predicted octanol–water partition coefficient (Wildman–Crippen LogP) is 2.19. The van der Waals surface area contributed by atoms with Crippen LogP contribution in [0, 0.1) is 0 Å². The molecule has 1 atom stereocenters. The van der Waals surface area contributed by atoms with Gasteiger partial charge in [0.1, 0.15) is 18.0 Å². The number of hydrogen-bond acceptors (Lipinski definition) is 4. The lowest BCUT2D eigenvalue weighted by Crippen LogP contribution is -2.40. The zero-order chi connectivity index (χ0) is 18.8. The number of nitrogens with zero attached hydrogens (tertiary/aromatic N) is 2. The molecule has 0 aliphatic heterocycles. The number of hydrogen-bond donors (Lipinski definition) is 2. The van der Waals surface area contributed by atoms with Gasteiger partial charge in [-0.15, -0.1) is 30.6 Å². The smallest absolute Gasteiger partial charge is 0.243 e. The van der Waals surface area contributed by atoms with Gasteiger partial charge in [0.2, 0.25) is 5.91 Å². The van der Waals surface area contributed by atoms with Crippen LogP contribution in [0.1, 0.15) is 18.5 Å². The highest BCUT2D eigenvalue weighted by Gasteiger charge is 2.15. The van der Waals surface area contributed by atoms with Gasteiger partial charge < -0.3 is 25.0 Å². The van der Waals surface area contributed by atoms with E-state index in [-0.39, 0.29) is 42.5 Å². The van der Waals surface area contributed by atoms with Crippen LogP contribution in [0.5, 0.6) is 11.5 Å². The number of amides is 1. The molecule has 0 bridgehead atoms. The molecule has 0 saturated carbocycles. The van der Waals surface area contributed by atoms with E-state index in [1.54, 1.807) is 34.4 Å². The highest BCUT2D eigenvalue weighted by atomic mass is 127. The number of methoxy groups -OCH3 is 2. The van der Waals surface area contributed by atoms with Gasteiger partial charge in [0, 0.05) is 26.2 Å². The van der Waals surface area contributed by atoms with Crippen molar-refractivity contribution in [2.24, 2.45) is 4.99 Å². The Labute approximate surface area is 172 Å². The summed E-state index contributed by atoms with van der Waals surface area (Å²) in [5, 5.41) is 6.38. The Morgan fingerprint density at radius 1 is 1.35 bits per heavy atom. The number of ether oxygens (including phenoxy) is 2. The van der Waals surface area contributed by atoms with Gasteiger partial charge in [0.25, 0.3) is 0 Å². The van der Waals surface area contributed by atoms with Gasteiger partial charge in [0.05, 0.1) is 20.3 Å². The van der Waals surface area contributed by atoms with Gasteiger partial charge in [0.15, 0.2) is 5.96 Å². The van der Waals surface area contributed by atoms with Crippen LogP contribution in [0.2, 0.25) is 0 Å². The van der Waals surface area contributed by atoms with E-state index < -0.39 is 0 Å². The summed E-state index contributed by atoms with van der Waals surface area (Å²) in [7, 11) is 6.64. The lowest BCUT2D eigenvalue weighted by Gasteiger charge is -2.21. The van der Waals surface area contributed by atoms with Gasteiger partial charge in [-0.3, -0.25) is 4.79 Å². The Morgan fingerprint density at radius 2 is 2.04 bits per heavy atom. The first kappa shape index (κ1) is 24.0. The van der Waals surface area contributed by atoms with Crippen molar-refractivity contribution in [3.63, 3.8) is 0 Å². The number of aliphatic imine (C=N–C) groups is 1. The third-order valence-electron chi connectivity index (χ3n) is 3.54. The molecule has 0 aromatic heterocycles. The van der Waals surface area contributed by atoms with Crippen LogP contribution in [0.4, 0.5) is 0 Å². The molecule has 26 heavy (non-hydrogen) atoms. The molecule has 8 heteroatoms. The van der Waals surface area contributed by atoms with Crippen molar-refractivity contribution in [3.05, 3.63) is 36.4 Å². The second-order valence-corrected chi connectivity index (χ2v) is 5.60. The Balaban J connectivity index is 0.00000625. The Bertz CT molecular complexity index is 620. The van der Waals surface area contributed by atoms with Crippen LogP contribution in [0.15, 0.2) is 35.8 Å². The zero-order valence-corrected chi connectivity index (χ0v) is 18.4. The second-order valence-electron chi connectivity index (χ2n) is 5.60. The third-order valence-corrected chi connectivity index (χ3v) is 3.54. The summed E-state index contributed by atoms with van der Waals surface area (Å²) in [4.78, 5) is 17.6. The average Bonchev–Trinajstić information content (AvgIpc) is 2.62. The van der Waals surface area contributed by atoms with Crippen molar-refractivity contribution in [1.29, 1.82) is 0 Å². The molecule has 0 aliphatic carbocycles. The largest absolute Gasteiger partial charge is 0.497 e. The molecule has 1 rings (SSSR count). The molecule has 0 saturated heterocycles. The first-order chi connectivity index (χ1) is 11.9. The monoisotopic (exact) mass is 476 g/mol. The lowest BCUT2D eigenvalue weighted by atomic mass is 10.1. The minimum absolute atomic E-state index is 0. The fourth-order valence-corrected chi connectivity index (χ4v) is 2.07. The summed E-state index contributed by atoms with van der Waals surface area (Å²) < 4.78 is 10.7. The first-order valence-electron chi connectivity index (χ1n) is 8.00. The number of carbonyl (C=O) groups excluding carboxylic acids is 1. The molecule has 1 aromatic rings. The topological polar surface area (TPSA) is 75.2 Å². The maximum absolute atomic E-state index is 11.8. The van der Waals surface area contributed by atoms with Crippen LogP contribution in [-0.2, 0) is 4.79 Å². The lowest BCUT2D eigenvalue weighted by molar-refractivity contribution is -0.127. The van der Waals surface area contributed by atoms with E-state index >= 15 is 0 Å². The van der Waals surface area contributed by atoms with E-state index in [2.05, 4.69) is 22.2 Å². The molecule has 7 nitrogen and oxygen atoms in total. The summed E-state index contributed by atoms with van der Waals surface area (Å²) in [6, 6.07) is 5.49. The van der Waals surface area contributed by atoms with Gasteiger partial charge in [-0.1, -0.05) is 6.08 Å². The van der Waals surface area contributed by atoms with E-state index in [4.69, 9.17) is 9.47 Å². The summed E-state index contributed by atoms with van der Waals surface area (Å²) >= 11 is 0. The molecule has 146 valence electrons. The van der Waals surface area contributed by atoms with E-state index in [9.17, 15) is 4.79 Å². The average molecular weight is 476 g/mol. The first-order valence-corrected chi connectivity index (χ1v) is 8.00. The summed E-state index contributed by atoms with van der Waals surface area (Å²) in [6.07, 6.45) is 1.72. The molecule has 0 radical (unpaired) electrons. The Morgan fingerprint density at radius 3 is 2.58 bits per heavy atom. The van der Waals surface area contributed by atoms with Gasteiger partial charge >= 0.3 is 0 Å². The number of guanidine groups is 1. The number of likely N-dealkylation sites (N-methyl/N-ethyl adjacent to an activating group) is 1. The molecule has 1 amide bonds. The Hall–Kier alpha value is -1.97. The molecule has 0 aliphatic rings. The summed E-state index contributed by atoms with van der Waals surface area (Å²) in [6.45, 7) is 6.26. The summed E-state index contributed by atoms with van der Waals surface area (Å²) in [5.74, 6) is 1.93. The minimum atomic E-state index is -0.115. The molecular weight excluding hydrogens is 447 g/mol. The predicted molar refractivity (Wildman–Crippen MR) is 116 cm³/mol. The van der Waals surface area contributed by atoms with E-state index in [0.717, 1.165) is 17.1 Å². The SMILES string of the molecule is C=CCNC(=NCC(=O)N(C)C)NC(C)c1cc(OC)ccc1OC.I. The van der Waals surface area contributed by atoms with Crippen LogP contribution < -0.4 is 20.1 Å². The zero-order valence-electron chi connectivity index (χ0n) is 16.0. The highest BCUT2D eigenvalue weighted by Crippen LogP contribution is 2.29. The molecule has 0 fully saturated rings. The van der Waals surface area contributed by atoms with Gasteiger partial charge in [-0.2, -0.15) is 0 Å². The maximum Gasteiger partial charge on any atom is 0.243 e. The standard InChI is InChI=1S/C18H28N4O3.HI/c1-7-10-19-18(20-12-17(23)22(3)4)21-13(2)15-11-14(24-5)8-9-16(15)25-6;/h7-9,11,13H,1,10,12H2,2-6H3,(H2,19,20,21);1H. The normalized spacial score (nSPS) is 11.7. The van der Waals surface area contributed by atoms with Gasteiger partial charge in [-0.05, 0) is 25.1 Å². The van der Waals surface area contributed by atoms with Crippen molar-refractivity contribution in [2.75, 3.05) is 41.4 Å². The van der Waals surface area contributed by atoms with Crippen molar-refractivity contribution >= 4 is 35.8 Å². The van der Waals surface area contributed by atoms with Crippen LogP contribution >= 0.6 is 24.0 Å². The quantitative estimate of drug-likeness (QED) is 0.261. The third kappa shape index (κ3) is 7.51. The number of rotatable bonds is 8. The number of benzene rings is 1. The molecule has 1 aromatic carbocycles. The van der Waals surface area contributed by atoms with Gasteiger partial charge in [-0.25, -0.2) is 4.99 Å². The number of halogens is 1. The van der Waals surface area contributed by atoms with E-state index in [0.29, 0.717) is 12.5 Å². The van der Waals surface area contributed by atoms with E-state index in [1.165, 1.54) is 4.90 Å². The maximum atomic E-state index is 11.8.